The summed E-state index contributed by atoms with van der Waals surface area (Å²) in [7, 11) is 0. The van der Waals surface area contributed by atoms with Gasteiger partial charge in [-0.3, -0.25) is 9.36 Å². The smallest absolute Gasteiger partial charge is 0.416 e. The van der Waals surface area contributed by atoms with Gasteiger partial charge < -0.3 is 4.74 Å². The first-order chi connectivity index (χ1) is 12.3. The Bertz CT molecular complexity index is 1040. The van der Waals surface area contributed by atoms with E-state index in [4.69, 9.17) is 4.74 Å². The van der Waals surface area contributed by atoms with E-state index in [9.17, 15) is 22.8 Å². The number of benzene rings is 2. The standard InChI is InChI=1S/C18H13F3N2O3/c1-2-26-17(25)15-16(24)23(14-9-4-3-8-13(14)22-15)12-7-5-6-11(10-12)18(19,20)21/h3-10H,2H2,1H3. The number of para-hydroxylation sites is 2. The van der Waals surface area contributed by atoms with E-state index in [1.54, 1.807) is 31.2 Å². The van der Waals surface area contributed by atoms with Gasteiger partial charge in [0.15, 0.2) is 0 Å². The van der Waals surface area contributed by atoms with Crippen LogP contribution in [0.4, 0.5) is 13.2 Å². The van der Waals surface area contributed by atoms with Crippen LogP contribution >= 0.6 is 0 Å². The van der Waals surface area contributed by atoms with E-state index in [0.717, 1.165) is 16.7 Å². The van der Waals surface area contributed by atoms with E-state index < -0.39 is 29.0 Å². The van der Waals surface area contributed by atoms with Gasteiger partial charge in [0.1, 0.15) is 0 Å². The van der Waals surface area contributed by atoms with Gasteiger partial charge in [-0.1, -0.05) is 18.2 Å². The molecular weight excluding hydrogens is 349 g/mol. The summed E-state index contributed by atoms with van der Waals surface area (Å²) < 4.78 is 45.0. The minimum atomic E-state index is -4.56. The van der Waals surface area contributed by atoms with Crippen molar-refractivity contribution < 1.29 is 22.7 Å². The van der Waals surface area contributed by atoms with Gasteiger partial charge in [0, 0.05) is 5.69 Å². The van der Waals surface area contributed by atoms with Crippen LogP contribution in [0.25, 0.3) is 16.7 Å². The Morgan fingerprint density at radius 1 is 1.15 bits per heavy atom. The summed E-state index contributed by atoms with van der Waals surface area (Å²) >= 11 is 0. The fourth-order valence-electron chi connectivity index (χ4n) is 2.54. The molecule has 134 valence electrons. The van der Waals surface area contributed by atoms with Gasteiger partial charge in [-0.2, -0.15) is 13.2 Å². The molecule has 3 aromatic rings. The molecule has 0 N–H and O–H groups in total. The lowest BCUT2D eigenvalue weighted by atomic mass is 10.1. The maximum absolute atomic E-state index is 13.0. The summed E-state index contributed by atoms with van der Waals surface area (Å²) in [6.45, 7) is 1.61. The van der Waals surface area contributed by atoms with Gasteiger partial charge in [0.05, 0.1) is 23.2 Å². The summed E-state index contributed by atoms with van der Waals surface area (Å²) in [6, 6.07) is 10.7. The molecule has 26 heavy (non-hydrogen) atoms. The van der Waals surface area contributed by atoms with Crippen LogP contribution in [-0.4, -0.2) is 22.1 Å². The number of rotatable bonds is 3. The number of aromatic nitrogens is 2. The topological polar surface area (TPSA) is 61.2 Å². The molecule has 0 atom stereocenters. The Morgan fingerprint density at radius 3 is 2.58 bits per heavy atom. The fraction of sp³-hybridized carbons (Fsp3) is 0.167. The summed E-state index contributed by atoms with van der Waals surface area (Å²) in [4.78, 5) is 28.8. The Hall–Kier alpha value is -3.16. The van der Waals surface area contributed by atoms with E-state index >= 15 is 0 Å². The maximum atomic E-state index is 13.0. The summed E-state index contributed by atoms with van der Waals surface area (Å²) in [6.07, 6.45) is -4.56. The van der Waals surface area contributed by atoms with Crippen molar-refractivity contribution in [1.29, 1.82) is 0 Å². The first-order valence-electron chi connectivity index (χ1n) is 7.69. The Labute approximate surface area is 145 Å². The van der Waals surface area contributed by atoms with Crippen LogP contribution in [0.5, 0.6) is 0 Å². The molecule has 0 spiro atoms. The number of hydrogen-bond acceptors (Lipinski definition) is 4. The van der Waals surface area contributed by atoms with Crippen molar-refractivity contribution in [2.75, 3.05) is 6.61 Å². The normalized spacial score (nSPS) is 11.5. The summed E-state index contributed by atoms with van der Waals surface area (Å²) in [5.74, 6) is -0.927. The second kappa shape index (κ2) is 6.62. The molecule has 0 aliphatic heterocycles. The third kappa shape index (κ3) is 3.17. The molecule has 1 heterocycles. The minimum absolute atomic E-state index is 0.0195. The lowest BCUT2D eigenvalue weighted by Crippen LogP contribution is -2.28. The monoisotopic (exact) mass is 362 g/mol. The third-order valence-electron chi connectivity index (χ3n) is 3.66. The number of halogens is 3. The Kier molecular flexibility index (Phi) is 4.50. The number of carbonyl (C=O) groups is 1. The van der Waals surface area contributed by atoms with Crippen LogP contribution in [0.1, 0.15) is 23.0 Å². The zero-order chi connectivity index (χ0) is 18.9. The molecule has 0 fully saturated rings. The number of esters is 1. The zero-order valence-electron chi connectivity index (χ0n) is 13.6. The molecule has 0 radical (unpaired) electrons. The minimum Gasteiger partial charge on any atom is -0.461 e. The SMILES string of the molecule is CCOC(=O)c1nc2ccccc2n(-c2cccc(C(F)(F)F)c2)c1=O. The van der Waals surface area contributed by atoms with Crippen LogP contribution < -0.4 is 5.56 Å². The molecule has 1 aromatic heterocycles. The van der Waals surface area contributed by atoms with E-state index in [2.05, 4.69) is 4.98 Å². The largest absolute Gasteiger partial charge is 0.461 e. The van der Waals surface area contributed by atoms with Crippen molar-refractivity contribution in [3.63, 3.8) is 0 Å². The van der Waals surface area contributed by atoms with Gasteiger partial charge in [-0.25, -0.2) is 9.78 Å². The number of carbonyl (C=O) groups excluding carboxylic acids is 1. The second-order valence-electron chi connectivity index (χ2n) is 5.36. The lowest BCUT2D eigenvalue weighted by molar-refractivity contribution is -0.137. The van der Waals surface area contributed by atoms with Gasteiger partial charge >= 0.3 is 12.1 Å². The predicted molar refractivity (Wildman–Crippen MR) is 88.3 cm³/mol. The molecule has 0 saturated carbocycles. The van der Waals surface area contributed by atoms with Gasteiger partial charge in [-0.15, -0.1) is 0 Å². The average molecular weight is 362 g/mol. The number of hydrogen-bond donors (Lipinski definition) is 0. The van der Waals surface area contributed by atoms with E-state index in [-0.39, 0.29) is 23.3 Å². The number of nitrogens with zero attached hydrogens (tertiary/aromatic N) is 2. The van der Waals surface area contributed by atoms with Crippen LogP contribution in [0.15, 0.2) is 53.3 Å². The lowest BCUT2D eigenvalue weighted by Gasteiger charge is -2.14. The average Bonchev–Trinajstić information content (AvgIpc) is 2.60. The molecule has 0 unspecified atom stereocenters. The van der Waals surface area contributed by atoms with E-state index in [1.165, 1.54) is 12.1 Å². The van der Waals surface area contributed by atoms with Crippen molar-refractivity contribution in [3.05, 3.63) is 70.1 Å². The molecule has 5 nitrogen and oxygen atoms in total. The highest BCUT2D eigenvalue weighted by atomic mass is 19.4. The van der Waals surface area contributed by atoms with Gasteiger partial charge in [-0.05, 0) is 37.3 Å². The zero-order valence-corrected chi connectivity index (χ0v) is 13.6. The second-order valence-corrected chi connectivity index (χ2v) is 5.36. The van der Waals surface area contributed by atoms with Crippen LogP contribution in [0, 0.1) is 0 Å². The molecule has 0 amide bonds. The van der Waals surface area contributed by atoms with E-state index in [0.29, 0.717) is 0 Å². The van der Waals surface area contributed by atoms with Crippen LogP contribution in [0.2, 0.25) is 0 Å². The van der Waals surface area contributed by atoms with Gasteiger partial charge in [0.25, 0.3) is 5.56 Å². The van der Waals surface area contributed by atoms with E-state index in [1.807, 2.05) is 0 Å². The summed E-state index contributed by atoms with van der Waals surface area (Å²) in [5.41, 5.74) is -1.68. The number of ether oxygens (including phenoxy) is 1. The number of fused-ring (bicyclic) bond motifs is 1. The molecule has 0 aliphatic rings. The Morgan fingerprint density at radius 2 is 1.88 bits per heavy atom. The van der Waals surface area contributed by atoms with Crippen LogP contribution in [0.3, 0.4) is 0 Å². The van der Waals surface area contributed by atoms with Crippen LogP contribution in [-0.2, 0) is 10.9 Å². The van der Waals surface area contributed by atoms with Crippen molar-refractivity contribution in [2.45, 2.75) is 13.1 Å². The van der Waals surface area contributed by atoms with Crippen molar-refractivity contribution >= 4 is 17.0 Å². The molecule has 0 aliphatic carbocycles. The van der Waals surface area contributed by atoms with Crippen molar-refractivity contribution in [1.82, 2.24) is 9.55 Å². The molecule has 3 rings (SSSR count). The third-order valence-corrected chi connectivity index (χ3v) is 3.66. The maximum Gasteiger partial charge on any atom is 0.416 e. The van der Waals surface area contributed by atoms with Crippen molar-refractivity contribution in [3.8, 4) is 5.69 Å². The first kappa shape index (κ1) is 17.7. The molecule has 2 aromatic carbocycles. The highest BCUT2D eigenvalue weighted by Gasteiger charge is 2.31. The predicted octanol–water partition coefficient (Wildman–Crippen LogP) is 3.58. The fourth-order valence-corrected chi connectivity index (χ4v) is 2.54. The number of alkyl halides is 3. The van der Waals surface area contributed by atoms with Gasteiger partial charge in [0.2, 0.25) is 5.69 Å². The highest BCUT2D eigenvalue weighted by Crippen LogP contribution is 2.30. The molecule has 0 bridgehead atoms. The molecule has 0 saturated heterocycles. The summed E-state index contributed by atoms with van der Waals surface area (Å²) in [5, 5.41) is 0. The highest BCUT2D eigenvalue weighted by molar-refractivity contribution is 5.90. The Balaban J connectivity index is 2.33. The van der Waals surface area contributed by atoms with Crippen molar-refractivity contribution in [2.24, 2.45) is 0 Å². The quantitative estimate of drug-likeness (QED) is 0.668. The molecular formula is C18H13F3N2O3. The first-order valence-corrected chi connectivity index (χ1v) is 7.69. The molecule has 8 heteroatoms.